The molecule has 0 aliphatic heterocycles. The van der Waals surface area contributed by atoms with Crippen LogP contribution < -0.4 is 0 Å². The van der Waals surface area contributed by atoms with Crippen LogP contribution in [-0.4, -0.2) is 31.9 Å². The minimum atomic E-state index is -2.93. The molecule has 0 heterocycles. The summed E-state index contributed by atoms with van der Waals surface area (Å²) in [7, 11) is -1.37. The lowest BCUT2D eigenvalue weighted by molar-refractivity contribution is 0.201. The Kier molecular flexibility index (Phi) is 4.11. The van der Waals surface area contributed by atoms with Gasteiger partial charge in [0.05, 0.1) is 0 Å². The van der Waals surface area contributed by atoms with Gasteiger partial charge in [0.1, 0.15) is 0 Å². The number of rotatable bonds is 4. The van der Waals surface area contributed by atoms with Crippen molar-refractivity contribution in [1.82, 2.24) is 0 Å². The fraction of sp³-hybridized carbons (Fsp3) is 1.00. The van der Waals surface area contributed by atoms with E-state index in [-0.39, 0.29) is 5.54 Å². The van der Waals surface area contributed by atoms with Crippen LogP contribution in [0.25, 0.3) is 0 Å². The minimum absolute atomic E-state index is 0.0114. The number of methoxy groups -OCH3 is 1. The largest absolute Gasteiger partial charge is 0.410 e. The van der Waals surface area contributed by atoms with Gasteiger partial charge in [-0.1, -0.05) is 13.8 Å². The molecule has 0 amide bonds. The van der Waals surface area contributed by atoms with Crippen LogP contribution in [0.2, 0.25) is 11.6 Å². The minimum Gasteiger partial charge on any atom is -0.410 e. The fourth-order valence-corrected chi connectivity index (χ4v) is 1.62. The van der Waals surface area contributed by atoms with Crippen LogP contribution in [0.5, 0.6) is 0 Å². The lowest BCUT2D eigenvalue weighted by Gasteiger charge is -2.20. The molecule has 0 rings (SSSR count). The quantitative estimate of drug-likeness (QED) is 0.594. The predicted molar refractivity (Wildman–Crippen MR) is 42.0 cm³/mol. The summed E-state index contributed by atoms with van der Waals surface area (Å²) in [6.07, 6.45) is 0. The molecule has 0 fully saturated rings. The first-order valence-electron chi connectivity index (χ1n) is 3.44. The van der Waals surface area contributed by atoms with E-state index < -0.39 is 8.56 Å². The molecule has 0 saturated carbocycles. The van der Waals surface area contributed by atoms with Crippen molar-refractivity contribution < 1.29 is 14.3 Å². The van der Waals surface area contributed by atoms with Gasteiger partial charge in [0.2, 0.25) is 0 Å². The van der Waals surface area contributed by atoms with Crippen molar-refractivity contribution >= 4 is 8.56 Å². The molecular weight excluding hydrogens is 148 g/mol. The molecule has 0 aromatic carbocycles. The third-order valence-electron chi connectivity index (χ3n) is 1.60. The third kappa shape index (κ3) is 3.31. The SMILES string of the molecule is COCC[Si](O)(O)C(C)C. The van der Waals surface area contributed by atoms with Crippen LogP contribution in [0.4, 0.5) is 0 Å². The molecule has 0 atom stereocenters. The Balaban J connectivity index is 3.63. The molecule has 3 nitrogen and oxygen atoms in total. The van der Waals surface area contributed by atoms with E-state index in [2.05, 4.69) is 0 Å². The van der Waals surface area contributed by atoms with Crippen LogP contribution in [0, 0.1) is 0 Å². The zero-order valence-corrected chi connectivity index (χ0v) is 7.79. The standard InChI is InChI=1S/C6H16O3Si/c1-6(2)10(7,8)5-4-9-3/h6-8H,4-5H2,1-3H3. The van der Waals surface area contributed by atoms with Crippen LogP contribution in [0.15, 0.2) is 0 Å². The monoisotopic (exact) mass is 164 g/mol. The van der Waals surface area contributed by atoms with E-state index in [0.29, 0.717) is 12.7 Å². The molecule has 4 heteroatoms. The van der Waals surface area contributed by atoms with E-state index in [0.717, 1.165) is 0 Å². The fourth-order valence-electron chi connectivity index (χ4n) is 0.541. The average Bonchev–Trinajstić information content (AvgIpc) is 1.84. The predicted octanol–water partition coefficient (Wildman–Crippen LogP) is 0.470. The van der Waals surface area contributed by atoms with Gasteiger partial charge in [-0.3, -0.25) is 0 Å². The molecule has 0 saturated heterocycles. The second-order valence-electron chi connectivity index (χ2n) is 2.78. The van der Waals surface area contributed by atoms with Gasteiger partial charge in [-0.25, -0.2) is 0 Å². The zero-order chi connectivity index (χ0) is 8.20. The van der Waals surface area contributed by atoms with Crippen molar-refractivity contribution in [3.8, 4) is 0 Å². The summed E-state index contributed by atoms with van der Waals surface area (Å²) < 4.78 is 4.74. The lowest BCUT2D eigenvalue weighted by Crippen LogP contribution is -2.39. The summed E-state index contributed by atoms with van der Waals surface area (Å²) in [5, 5.41) is 0. The summed E-state index contributed by atoms with van der Waals surface area (Å²) in [4.78, 5) is 18.7. The highest BCUT2D eigenvalue weighted by Crippen LogP contribution is 2.18. The first kappa shape index (κ1) is 10.1. The molecule has 0 aromatic heterocycles. The second kappa shape index (κ2) is 4.08. The van der Waals surface area contributed by atoms with E-state index in [1.54, 1.807) is 7.11 Å². The van der Waals surface area contributed by atoms with Gasteiger partial charge in [0.25, 0.3) is 0 Å². The van der Waals surface area contributed by atoms with Crippen molar-refractivity contribution in [2.75, 3.05) is 13.7 Å². The van der Waals surface area contributed by atoms with Crippen LogP contribution >= 0.6 is 0 Å². The van der Waals surface area contributed by atoms with Crippen LogP contribution in [0.3, 0.4) is 0 Å². The van der Waals surface area contributed by atoms with Gasteiger partial charge in [0.15, 0.2) is 0 Å². The molecule has 0 unspecified atom stereocenters. The third-order valence-corrected chi connectivity index (χ3v) is 4.39. The second-order valence-corrected chi connectivity index (χ2v) is 6.19. The molecular formula is C6H16O3Si. The van der Waals surface area contributed by atoms with Gasteiger partial charge >= 0.3 is 8.56 Å². The Morgan fingerprint density at radius 1 is 1.40 bits per heavy atom. The van der Waals surface area contributed by atoms with E-state index in [9.17, 15) is 9.59 Å². The average molecular weight is 164 g/mol. The maximum absolute atomic E-state index is 9.34. The molecule has 2 N–H and O–H groups in total. The first-order valence-corrected chi connectivity index (χ1v) is 5.62. The Labute approximate surface area is 62.9 Å². The number of ether oxygens (including phenoxy) is 1. The van der Waals surface area contributed by atoms with Crippen molar-refractivity contribution in [2.45, 2.75) is 25.4 Å². The molecule has 0 aliphatic carbocycles. The maximum Gasteiger partial charge on any atom is 0.337 e. The number of hydrogen-bond acceptors (Lipinski definition) is 3. The van der Waals surface area contributed by atoms with Crippen molar-refractivity contribution in [3.63, 3.8) is 0 Å². The normalized spacial score (nSPS) is 12.6. The Hall–Kier alpha value is 0.0969. The van der Waals surface area contributed by atoms with Gasteiger partial charge in [-0.05, 0) is 5.54 Å². The van der Waals surface area contributed by atoms with Crippen molar-refractivity contribution in [2.24, 2.45) is 0 Å². The Bertz CT molecular complexity index is 93.0. The van der Waals surface area contributed by atoms with Crippen molar-refractivity contribution in [1.29, 1.82) is 0 Å². The molecule has 10 heavy (non-hydrogen) atoms. The zero-order valence-electron chi connectivity index (χ0n) is 6.79. The smallest absolute Gasteiger partial charge is 0.337 e. The lowest BCUT2D eigenvalue weighted by atomic mass is 10.6. The molecule has 62 valence electrons. The molecule has 0 spiro atoms. The summed E-state index contributed by atoms with van der Waals surface area (Å²) in [6, 6.07) is 0.404. The summed E-state index contributed by atoms with van der Waals surface area (Å²) in [5.74, 6) is 0. The highest BCUT2D eigenvalue weighted by atomic mass is 28.4. The van der Waals surface area contributed by atoms with Gasteiger partial charge in [-0.15, -0.1) is 0 Å². The van der Waals surface area contributed by atoms with E-state index >= 15 is 0 Å². The van der Waals surface area contributed by atoms with Crippen LogP contribution in [-0.2, 0) is 4.74 Å². The Morgan fingerprint density at radius 2 is 1.90 bits per heavy atom. The Morgan fingerprint density at radius 3 is 2.20 bits per heavy atom. The molecule has 0 radical (unpaired) electrons. The van der Waals surface area contributed by atoms with Crippen LogP contribution in [0.1, 0.15) is 13.8 Å². The van der Waals surface area contributed by atoms with Crippen molar-refractivity contribution in [3.05, 3.63) is 0 Å². The highest BCUT2D eigenvalue weighted by molar-refractivity contribution is 6.66. The van der Waals surface area contributed by atoms with E-state index in [4.69, 9.17) is 4.74 Å². The van der Waals surface area contributed by atoms with E-state index in [1.807, 2.05) is 13.8 Å². The molecule has 0 aromatic rings. The van der Waals surface area contributed by atoms with E-state index in [1.165, 1.54) is 0 Å². The summed E-state index contributed by atoms with van der Waals surface area (Å²) in [6.45, 7) is 4.08. The van der Waals surface area contributed by atoms with Gasteiger partial charge < -0.3 is 14.3 Å². The summed E-state index contributed by atoms with van der Waals surface area (Å²) >= 11 is 0. The highest BCUT2D eigenvalue weighted by Gasteiger charge is 2.32. The summed E-state index contributed by atoms with van der Waals surface area (Å²) in [5.41, 5.74) is -0.0114. The molecule has 0 aliphatic rings. The van der Waals surface area contributed by atoms with Gasteiger partial charge in [-0.2, -0.15) is 0 Å². The topological polar surface area (TPSA) is 49.7 Å². The first-order chi connectivity index (χ1) is 4.50. The maximum atomic E-state index is 9.34. The number of hydrogen-bond donors (Lipinski definition) is 2. The van der Waals surface area contributed by atoms with Gasteiger partial charge in [0, 0.05) is 19.8 Å². The molecule has 0 bridgehead atoms.